The van der Waals surface area contributed by atoms with Crippen LogP contribution in [0.1, 0.15) is 5.56 Å². The molecule has 2 heterocycles. The van der Waals surface area contributed by atoms with Gasteiger partial charge in [0, 0.05) is 8.95 Å². The van der Waals surface area contributed by atoms with Crippen LogP contribution in [0.2, 0.25) is 0 Å². The summed E-state index contributed by atoms with van der Waals surface area (Å²) in [5, 5.41) is 0. The molecule has 5 aromatic rings. The van der Waals surface area contributed by atoms with Crippen LogP contribution < -0.4 is 16.2 Å². The van der Waals surface area contributed by atoms with Gasteiger partial charge < -0.3 is 13.6 Å². The van der Waals surface area contributed by atoms with Crippen molar-refractivity contribution >= 4 is 54.1 Å². The predicted octanol–water partition coefficient (Wildman–Crippen LogP) is 5.30. The first-order valence-corrected chi connectivity index (χ1v) is 10.7. The Morgan fingerprint density at radius 2 is 1.58 bits per heavy atom. The maximum atomic E-state index is 12.0. The van der Waals surface area contributed by atoms with Crippen LogP contribution in [0.3, 0.4) is 0 Å². The molecule has 0 bridgehead atoms. The molecule has 0 radical (unpaired) electrons. The Morgan fingerprint density at radius 1 is 0.903 bits per heavy atom. The first-order chi connectivity index (χ1) is 15.0. The summed E-state index contributed by atoms with van der Waals surface area (Å²) in [6, 6.07) is 18.5. The zero-order valence-corrected chi connectivity index (χ0v) is 19.4. The van der Waals surface area contributed by atoms with Crippen molar-refractivity contribution < 1.29 is 13.6 Å². The third-order valence-corrected chi connectivity index (χ3v) is 5.84. The monoisotopic (exact) mass is 546 g/mol. The number of methoxy groups -OCH3 is 1. The van der Waals surface area contributed by atoms with Crippen LogP contribution in [0.15, 0.2) is 88.0 Å². The van der Waals surface area contributed by atoms with E-state index < -0.39 is 5.76 Å². The van der Waals surface area contributed by atoms with Crippen LogP contribution in [0.4, 0.5) is 0 Å². The molecular weight excluding hydrogens is 532 g/mol. The molecule has 31 heavy (non-hydrogen) atoms. The highest BCUT2D eigenvalue weighted by Crippen LogP contribution is 2.24. The lowest BCUT2D eigenvalue weighted by Crippen LogP contribution is -2.15. The molecule has 5 rings (SSSR count). The molecule has 158 valence electrons. The zero-order chi connectivity index (χ0) is 22.0. The van der Waals surface area contributed by atoms with Gasteiger partial charge in [-0.15, -0.1) is 0 Å². The zero-order valence-electron chi connectivity index (χ0n) is 16.2. The molecule has 1 N–H and O–H groups in total. The minimum Gasteiger partial charge on any atom is -0.497 e. The molecule has 9 heteroatoms. The molecule has 0 aliphatic carbocycles. The summed E-state index contributed by atoms with van der Waals surface area (Å²) >= 11 is 6.74. The highest BCUT2D eigenvalue weighted by Gasteiger charge is 2.12. The van der Waals surface area contributed by atoms with Gasteiger partial charge in [0.15, 0.2) is 11.2 Å². The fraction of sp³-hybridized carbons (Fsp3) is 0.0909. The number of nitrogens with one attached hydrogen (secondary N) is 1. The van der Waals surface area contributed by atoms with Gasteiger partial charge in [0.2, 0.25) is 0 Å². The molecule has 7 nitrogen and oxygen atoms in total. The van der Waals surface area contributed by atoms with Crippen molar-refractivity contribution in [2.24, 2.45) is 0 Å². The van der Waals surface area contributed by atoms with Crippen molar-refractivity contribution in [1.82, 2.24) is 9.55 Å². The van der Waals surface area contributed by atoms with E-state index in [9.17, 15) is 9.59 Å². The number of H-pyrrole nitrogens is 1. The summed E-state index contributed by atoms with van der Waals surface area (Å²) in [5.74, 6) is 0.00828. The minimum absolute atomic E-state index is 0.359. The van der Waals surface area contributed by atoms with Crippen LogP contribution in [-0.2, 0) is 6.54 Å². The van der Waals surface area contributed by atoms with E-state index >= 15 is 0 Å². The fourth-order valence-electron chi connectivity index (χ4n) is 3.08. The molecule has 3 aromatic carbocycles. The molecule has 0 saturated carbocycles. The topological polar surface area (TPSA) is 90.4 Å². The lowest BCUT2D eigenvalue weighted by molar-refractivity contribution is 0.414. The molecule has 0 aliphatic rings. The first-order valence-electron chi connectivity index (χ1n) is 9.14. The predicted molar refractivity (Wildman–Crippen MR) is 125 cm³/mol. The van der Waals surface area contributed by atoms with E-state index in [1.807, 2.05) is 48.5 Å². The summed E-state index contributed by atoms with van der Waals surface area (Å²) in [4.78, 5) is 25.2. The number of fused-ring (bicyclic) bond motifs is 2. The summed E-state index contributed by atoms with van der Waals surface area (Å²) in [5.41, 5.74) is 3.64. The van der Waals surface area contributed by atoms with Crippen molar-refractivity contribution in [3.8, 4) is 5.75 Å². The number of ether oxygens (including phenoxy) is 1. The van der Waals surface area contributed by atoms with Gasteiger partial charge in [-0.3, -0.25) is 9.55 Å². The lowest BCUT2D eigenvalue weighted by atomic mass is 10.2. The standard InChI is InChI=1S/C15H12BrNO3.C7H4BrNO2/c1-19-11-7-5-10(6-8-11)9-17-14-12(16)3-2-4-13(14)20-15(17)18;8-4-2-1-3-5-6(4)9-7(10)11-5/h2-8H,9H2,1H3;1-3H,(H,9,10). The Labute approximate surface area is 192 Å². The van der Waals surface area contributed by atoms with Crippen molar-refractivity contribution in [2.75, 3.05) is 7.11 Å². The smallest absolute Gasteiger partial charge is 0.420 e. The Bertz CT molecular complexity index is 1460. The van der Waals surface area contributed by atoms with Crippen LogP contribution >= 0.6 is 31.9 Å². The minimum atomic E-state index is -0.424. The van der Waals surface area contributed by atoms with Gasteiger partial charge in [-0.2, -0.15) is 0 Å². The Kier molecular flexibility index (Phi) is 6.15. The third kappa shape index (κ3) is 4.52. The second-order valence-corrected chi connectivity index (χ2v) is 8.22. The molecule has 0 unspecified atom stereocenters. The number of aromatic nitrogens is 2. The number of hydrogen-bond donors (Lipinski definition) is 1. The summed E-state index contributed by atoms with van der Waals surface area (Å²) in [6.45, 7) is 0.457. The SMILES string of the molecule is COc1ccc(Cn2c(=O)oc3cccc(Br)c32)cc1.O=c1[nH]c2c(Br)cccc2o1. The molecule has 0 saturated heterocycles. The van der Waals surface area contributed by atoms with Gasteiger partial charge in [0.1, 0.15) is 16.8 Å². The molecule has 0 aliphatic heterocycles. The van der Waals surface area contributed by atoms with Crippen molar-refractivity contribution in [2.45, 2.75) is 6.54 Å². The molecule has 0 atom stereocenters. The molecule has 0 spiro atoms. The van der Waals surface area contributed by atoms with Crippen molar-refractivity contribution in [1.29, 1.82) is 0 Å². The highest BCUT2D eigenvalue weighted by atomic mass is 79.9. The largest absolute Gasteiger partial charge is 0.497 e. The van der Waals surface area contributed by atoms with Crippen LogP contribution in [0.5, 0.6) is 5.75 Å². The van der Waals surface area contributed by atoms with Crippen molar-refractivity contribution in [3.63, 3.8) is 0 Å². The number of benzene rings is 3. The van der Waals surface area contributed by atoms with E-state index in [2.05, 4.69) is 36.8 Å². The van der Waals surface area contributed by atoms with E-state index in [1.165, 1.54) is 0 Å². The summed E-state index contributed by atoms with van der Waals surface area (Å²) in [6.07, 6.45) is 0. The van der Waals surface area contributed by atoms with Crippen LogP contribution in [0.25, 0.3) is 22.2 Å². The maximum absolute atomic E-state index is 12.0. The number of oxazole rings is 2. The van der Waals surface area contributed by atoms with Gasteiger partial charge >= 0.3 is 11.5 Å². The first kappa shape index (κ1) is 21.2. The van der Waals surface area contributed by atoms with Crippen LogP contribution in [-0.4, -0.2) is 16.7 Å². The average molecular weight is 548 g/mol. The van der Waals surface area contributed by atoms with E-state index in [1.54, 1.807) is 23.8 Å². The fourth-order valence-corrected chi connectivity index (χ4v) is 4.08. The maximum Gasteiger partial charge on any atom is 0.420 e. The molecule has 0 amide bonds. The normalized spacial score (nSPS) is 10.8. The number of nitrogens with zero attached hydrogens (tertiary/aromatic N) is 1. The molecular formula is C22H16Br2N2O5. The van der Waals surface area contributed by atoms with Crippen LogP contribution in [0, 0.1) is 0 Å². The number of para-hydroxylation sites is 2. The highest BCUT2D eigenvalue weighted by molar-refractivity contribution is 9.11. The quantitative estimate of drug-likeness (QED) is 0.331. The number of rotatable bonds is 3. The summed E-state index contributed by atoms with van der Waals surface area (Å²) in [7, 11) is 1.63. The Balaban J connectivity index is 0.000000177. The van der Waals surface area contributed by atoms with E-state index in [0.717, 1.165) is 25.8 Å². The third-order valence-electron chi connectivity index (χ3n) is 4.54. The van der Waals surface area contributed by atoms with E-state index in [-0.39, 0.29) is 5.76 Å². The number of aromatic amines is 1. The lowest BCUT2D eigenvalue weighted by Gasteiger charge is -2.05. The second kappa shape index (κ2) is 8.99. The number of halogens is 2. The Hall–Kier alpha value is -3.04. The van der Waals surface area contributed by atoms with Gasteiger partial charge in [-0.05, 0) is 73.8 Å². The van der Waals surface area contributed by atoms with E-state index in [4.69, 9.17) is 13.6 Å². The van der Waals surface area contributed by atoms with Gasteiger partial charge in [-0.1, -0.05) is 24.3 Å². The van der Waals surface area contributed by atoms with Gasteiger partial charge in [-0.25, -0.2) is 9.59 Å². The summed E-state index contributed by atoms with van der Waals surface area (Å²) < 4.78 is 18.5. The second-order valence-electron chi connectivity index (χ2n) is 6.52. The van der Waals surface area contributed by atoms with Crippen molar-refractivity contribution in [3.05, 3.63) is 96.3 Å². The average Bonchev–Trinajstić information content (AvgIpc) is 3.30. The molecule has 2 aromatic heterocycles. The Morgan fingerprint density at radius 3 is 2.26 bits per heavy atom. The van der Waals surface area contributed by atoms with Gasteiger partial charge in [0.25, 0.3) is 0 Å². The van der Waals surface area contributed by atoms with E-state index in [0.29, 0.717) is 23.2 Å². The molecule has 0 fully saturated rings. The van der Waals surface area contributed by atoms with Gasteiger partial charge in [0.05, 0.1) is 13.7 Å². The number of hydrogen-bond acceptors (Lipinski definition) is 5.